The molecule has 0 saturated carbocycles. The second-order valence-corrected chi connectivity index (χ2v) is 4.98. The van der Waals surface area contributed by atoms with Crippen molar-refractivity contribution in [2.24, 2.45) is 11.7 Å². The standard InChI is InChI=1S/C13H19ClN2O2/c1-8(2)6-11(15)13(17)16-9-4-5-12(18-3)10(14)7-9/h4-5,7-8,11H,6,15H2,1-3H3,(H,16,17)/t11-/m1/s1. The van der Waals surface area contributed by atoms with Crippen LogP contribution in [0, 0.1) is 5.92 Å². The number of nitrogens with two attached hydrogens (primary N) is 1. The molecule has 0 radical (unpaired) electrons. The Bertz CT molecular complexity index is 421. The van der Waals surface area contributed by atoms with Crippen molar-refractivity contribution in [2.45, 2.75) is 26.3 Å². The maximum absolute atomic E-state index is 11.8. The number of ether oxygens (including phenoxy) is 1. The summed E-state index contributed by atoms with van der Waals surface area (Å²) in [6, 6.07) is 4.56. The van der Waals surface area contributed by atoms with Gasteiger partial charge in [-0.15, -0.1) is 0 Å². The number of methoxy groups -OCH3 is 1. The number of anilines is 1. The second-order valence-electron chi connectivity index (χ2n) is 4.57. The molecule has 1 aromatic carbocycles. The zero-order valence-electron chi connectivity index (χ0n) is 10.9. The lowest BCUT2D eigenvalue weighted by Crippen LogP contribution is -2.36. The minimum absolute atomic E-state index is 0.204. The monoisotopic (exact) mass is 270 g/mol. The fraction of sp³-hybridized carbons (Fsp3) is 0.462. The highest BCUT2D eigenvalue weighted by Gasteiger charge is 2.15. The highest BCUT2D eigenvalue weighted by Crippen LogP contribution is 2.27. The summed E-state index contributed by atoms with van der Waals surface area (Å²) in [5.41, 5.74) is 6.41. The molecule has 4 nitrogen and oxygen atoms in total. The van der Waals surface area contributed by atoms with Crippen LogP contribution in [-0.4, -0.2) is 19.1 Å². The van der Waals surface area contributed by atoms with E-state index in [4.69, 9.17) is 22.1 Å². The molecule has 1 rings (SSSR count). The summed E-state index contributed by atoms with van der Waals surface area (Å²) in [5.74, 6) is 0.747. The van der Waals surface area contributed by atoms with Crippen LogP contribution in [0.5, 0.6) is 5.75 Å². The number of carbonyl (C=O) groups is 1. The van der Waals surface area contributed by atoms with Gasteiger partial charge in [0, 0.05) is 5.69 Å². The molecule has 0 saturated heterocycles. The van der Waals surface area contributed by atoms with Gasteiger partial charge in [-0.1, -0.05) is 25.4 Å². The molecular weight excluding hydrogens is 252 g/mol. The van der Waals surface area contributed by atoms with E-state index in [1.165, 1.54) is 7.11 Å². The Morgan fingerprint density at radius 1 is 1.50 bits per heavy atom. The lowest BCUT2D eigenvalue weighted by atomic mass is 10.0. The van der Waals surface area contributed by atoms with Crippen LogP contribution in [0.1, 0.15) is 20.3 Å². The maximum atomic E-state index is 11.8. The summed E-state index contributed by atoms with van der Waals surface area (Å²) >= 11 is 5.97. The molecule has 1 amide bonds. The van der Waals surface area contributed by atoms with E-state index in [9.17, 15) is 4.79 Å². The maximum Gasteiger partial charge on any atom is 0.241 e. The smallest absolute Gasteiger partial charge is 0.241 e. The van der Waals surface area contributed by atoms with Gasteiger partial charge in [0.25, 0.3) is 0 Å². The van der Waals surface area contributed by atoms with E-state index < -0.39 is 6.04 Å². The Morgan fingerprint density at radius 2 is 2.17 bits per heavy atom. The van der Waals surface area contributed by atoms with Crippen molar-refractivity contribution < 1.29 is 9.53 Å². The largest absolute Gasteiger partial charge is 0.495 e. The van der Waals surface area contributed by atoms with Crippen LogP contribution in [0.25, 0.3) is 0 Å². The summed E-state index contributed by atoms with van der Waals surface area (Å²) in [6.07, 6.45) is 0.649. The summed E-state index contributed by atoms with van der Waals surface area (Å²) < 4.78 is 5.04. The van der Waals surface area contributed by atoms with E-state index in [0.717, 1.165) is 0 Å². The molecule has 0 aliphatic rings. The van der Waals surface area contributed by atoms with Gasteiger partial charge in [-0.05, 0) is 30.5 Å². The predicted molar refractivity (Wildman–Crippen MR) is 74.1 cm³/mol. The molecule has 0 aliphatic heterocycles. The number of rotatable bonds is 5. The van der Waals surface area contributed by atoms with E-state index in [0.29, 0.717) is 28.8 Å². The van der Waals surface area contributed by atoms with Crippen molar-refractivity contribution in [2.75, 3.05) is 12.4 Å². The van der Waals surface area contributed by atoms with Crippen LogP contribution < -0.4 is 15.8 Å². The quantitative estimate of drug-likeness (QED) is 0.865. The number of carbonyl (C=O) groups excluding carboxylic acids is 1. The van der Waals surface area contributed by atoms with Crippen LogP contribution in [0.2, 0.25) is 5.02 Å². The van der Waals surface area contributed by atoms with Crippen LogP contribution in [0.15, 0.2) is 18.2 Å². The zero-order valence-corrected chi connectivity index (χ0v) is 11.6. The second kappa shape index (κ2) is 6.61. The van der Waals surface area contributed by atoms with Crippen molar-refractivity contribution >= 4 is 23.2 Å². The van der Waals surface area contributed by atoms with Crippen molar-refractivity contribution in [3.05, 3.63) is 23.2 Å². The molecule has 5 heteroatoms. The fourth-order valence-corrected chi connectivity index (χ4v) is 1.85. The van der Waals surface area contributed by atoms with Crippen molar-refractivity contribution in [1.82, 2.24) is 0 Å². The van der Waals surface area contributed by atoms with Crippen LogP contribution in [-0.2, 0) is 4.79 Å². The van der Waals surface area contributed by atoms with Gasteiger partial charge in [-0.3, -0.25) is 4.79 Å². The van der Waals surface area contributed by atoms with Crippen molar-refractivity contribution in [1.29, 1.82) is 0 Å². The molecule has 0 spiro atoms. The molecule has 1 aromatic rings. The highest BCUT2D eigenvalue weighted by atomic mass is 35.5. The molecule has 0 fully saturated rings. The van der Waals surface area contributed by atoms with Crippen LogP contribution in [0.3, 0.4) is 0 Å². The molecule has 100 valence electrons. The first kappa shape index (κ1) is 14.8. The molecule has 0 unspecified atom stereocenters. The van der Waals surface area contributed by atoms with Gasteiger partial charge in [0.1, 0.15) is 5.75 Å². The summed E-state index contributed by atoms with van der Waals surface area (Å²) in [6.45, 7) is 4.05. The first-order valence-corrected chi connectivity index (χ1v) is 6.21. The molecule has 3 N–H and O–H groups in total. The number of hydrogen-bond acceptors (Lipinski definition) is 3. The van der Waals surface area contributed by atoms with E-state index in [1.807, 2.05) is 13.8 Å². The van der Waals surface area contributed by atoms with Crippen molar-refractivity contribution in [3.63, 3.8) is 0 Å². The van der Waals surface area contributed by atoms with Crippen molar-refractivity contribution in [3.8, 4) is 5.75 Å². The van der Waals surface area contributed by atoms with E-state index in [2.05, 4.69) is 5.32 Å². The Morgan fingerprint density at radius 3 is 2.67 bits per heavy atom. The van der Waals surface area contributed by atoms with E-state index >= 15 is 0 Å². The van der Waals surface area contributed by atoms with Crippen LogP contribution >= 0.6 is 11.6 Å². The molecular formula is C13H19ClN2O2. The number of hydrogen-bond donors (Lipinski definition) is 2. The summed E-state index contributed by atoms with van der Waals surface area (Å²) in [7, 11) is 1.54. The minimum Gasteiger partial charge on any atom is -0.495 e. The fourth-order valence-electron chi connectivity index (χ4n) is 1.59. The van der Waals surface area contributed by atoms with Gasteiger partial charge in [-0.25, -0.2) is 0 Å². The van der Waals surface area contributed by atoms with Gasteiger partial charge in [-0.2, -0.15) is 0 Å². The third-order valence-electron chi connectivity index (χ3n) is 2.48. The first-order chi connectivity index (χ1) is 8.43. The van der Waals surface area contributed by atoms with Crippen LogP contribution in [0.4, 0.5) is 5.69 Å². The summed E-state index contributed by atoms with van der Waals surface area (Å²) in [5, 5.41) is 3.19. The molecule has 1 atom stereocenters. The first-order valence-electron chi connectivity index (χ1n) is 5.84. The Hall–Kier alpha value is -1.26. The molecule has 0 heterocycles. The Labute approximate surface area is 112 Å². The molecule has 0 bridgehead atoms. The number of halogens is 1. The van der Waals surface area contributed by atoms with Gasteiger partial charge in [0.2, 0.25) is 5.91 Å². The lowest BCUT2D eigenvalue weighted by molar-refractivity contribution is -0.117. The SMILES string of the molecule is COc1ccc(NC(=O)[C@H](N)CC(C)C)cc1Cl. The minimum atomic E-state index is -0.508. The number of amides is 1. The predicted octanol–water partition coefficient (Wildman–Crippen LogP) is 2.66. The lowest BCUT2D eigenvalue weighted by Gasteiger charge is -2.14. The Balaban J connectivity index is 2.67. The van der Waals surface area contributed by atoms with E-state index in [1.54, 1.807) is 18.2 Å². The van der Waals surface area contributed by atoms with Gasteiger partial charge in [0.05, 0.1) is 18.2 Å². The molecule has 18 heavy (non-hydrogen) atoms. The third kappa shape index (κ3) is 4.20. The zero-order chi connectivity index (χ0) is 13.7. The van der Waals surface area contributed by atoms with Gasteiger partial charge >= 0.3 is 0 Å². The normalized spacial score (nSPS) is 12.3. The van der Waals surface area contributed by atoms with Gasteiger partial charge in [0.15, 0.2) is 0 Å². The summed E-state index contributed by atoms with van der Waals surface area (Å²) in [4.78, 5) is 11.8. The average molecular weight is 271 g/mol. The van der Waals surface area contributed by atoms with E-state index in [-0.39, 0.29) is 5.91 Å². The number of nitrogens with one attached hydrogen (secondary N) is 1. The molecule has 0 aromatic heterocycles. The number of benzene rings is 1. The topological polar surface area (TPSA) is 64.3 Å². The average Bonchev–Trinajstić information content (AvgIpc) is 2.28. The third-order valence-corrected chi connectivity index (χ3v) is 2.78. The van der Waals surface area contributed by atoms with Gasteiger partial charge < -0.3 is 15.8 Å². The molecule has 0 aliphatic carbocycles. The Kier molecular flexibility index (Phi) is 5.44. The highest BCUT2D eigenvalue weighted by molar-refractivity contribution is 6.32.